The molecule has 2 aromatic carbocycles. The number of pyridine rings is 1. The molecule has 1 amide bonds. The number of benzene rings is 2. The van der Waals surface area contributed by atoms with Crippen molar-refractivity contribution in [2.75, 3.05) is 5.32 Å². The topological polar surface area (TPSA) is 78.7 Å². The smallest absolute Gasteiger partial charge is 0.274 e. The Balaban J connectivity index is 1.61. The maximum Gasteiger partial charge on any atom is 0.274 e. The minimum atomic E-state index is -0.535. The van der Waals surface area contributed by atoms with Gasteiger partial charge in [0.1, 0.15) is 5.65 Å². The third-order valence-corrected chi connectivity index (χ3v) is 4.95. The average molecular weight is 437 g/mol. The Hall–Kier alpha value is -3.16. The van der Waals surface area contributed by atoms with Crippen molar-refractivity contribution in [1.29, 1.82) is 0 Å². The lowest BCUT2D eigenvalue weighted by atomic mass is 10.1. The van der Waals surface area contributed by atoms with Gasteiger partial charge in [-0.3, -0.25) is 10.0 Å². The third-order valence-electron chi connectivity index (χ3n) is 4.45. The van der Waals surface area contributed by atoms with E-state index in [-0.39, 0.29) is 0 Å². The van der Waals surface area contributed by atoms with Crippen LogP contribution in [0.1, 0.15) is 15.9 Å². The number of imidazole rings is 1. The lowest BCUT2D eigenvalue weighted by molar-refractivity contribution is 0.0706. The molecule has 6 nitrogen and oxygen atoms in total. The fraction of sp³-hybridized carbons (Fsp3) is 0.0476. The summed E-state index contributed by atoms with van der Waals surface area (Å²) in [5, 5.41) is 12.1. The predicted molar refractivity (Wildman–Crippen MR) is 111 cm³/mol. The van der Waals surface area contributed by atoms with Gasteiger partial charge < -0.3 is 9.72 Å². The second-order valence-corrected chi connectivity index (χ2v) is 7.21. The minimum Gasteiger partial charge on any atom is -0.381 e. The van der Waals surface area contributed by atoms with Gasteiger partial charge in [-0.2, -0.15) is 0 Å². The van der Waals surface area contributed by atoms with Crippen molar-refractivity contribution in [3.63, 3.8) is 0 Å². The van der Waals surface area contributed by atoms with E-state index in [2.05, 4.69) is 50.6 Å². The first-order valence-corrected chi connectivity index (χ1v) is 9.43. The Morgan fingerprint density at radius 2 is 1.93 bits per heavy atom. The van der Waals surface area contributed by atoms with E-state index < -0.39 is 5.91 Å². The molecule has 4 rings (SSSR count). The van der Waals surface area contributed by atoms with Crippen molar-refractivity contribution in [3.8, 4) is 11.1 Å². The molecule has 0 saturated carbocycles. The number of hydroxylamine groups is 1. The van der Waals surface area contributed by atoms with Gasteiger partial charge in [-0.25, -0.2) is 10.5 Å². The maximum atomic E-state index is 11.4. The van der Waals surface area contributed by atoms with Gasteiger partial charge >= 0.3 is 0 Å². The summed E-state index contributed by atoms with van der Waals surface area (Å²) in [6.45, 7) is 0.577. The van der Waals surface area contributed by atoms with Crippen LogP contribution in [0, 0.1) is 0 Å². The van der Waals surface area contributed by atoms with Crippen molar-refractivity contribution in [2.24, 2.45) is 0 Å². The zero-order valence-corrected chi connectivity index (χ0v) is 16.3. The number of halogens is 1. The molecule has 4 aromatic rings. The molecular weight excluding hydrogens is 420 g/mol. The Bertz CT molecular complexity index is 1140. The number of nitrogens with one attached hydrogen (secondary N) is 2. The first-order chi connectivity index (χ1) is 13.6. The molecule has 0 unspecified atom stereocenters. The van der Waals surface area contributed by atoms with Gasteiger partial charge in [0.2, 0.25) is 0 Å². The van der Waals surface area contributed by atoms with E-state index in [0.29, 0.717) is 12.1 Å². The summed E-state index contributed by atoms with van der Waals surface area (Å²) >= 11 is 3.53. The Kier molecular flexibility index (Phi) is 5.10. The zero-order valence-electron chi connectivity index (χ0n) is 14.8. The van der Waals surface area contributed by atoms with Gasteiger partial charge in [0.15, 0.2) is 0 Å². The van der Waals surface area contributed by atoms with Crippen LogP contribution in [-0.4, -0.2) is 20.5 Å². The van der Waals surface area contributed by atoms with Crippen molar-refractivity contribution in [3.05, 3.63) is 88.8 Å². The van der Waals surface area contributed by atoms with Crippen molar-refractivity contribution < 1.29 is 10.0 Å². The van der Waals surface area contributed by atoms with Crippen LogP contribution in [0.5, 0.6) is 0 Å². The molecule has 0 aliphatic heterocycles. The van der Waals surface area contributed by atoms with Gasteiger partial charge in [0.25, 0.3) is 5.91 Å². The number of hydrogen-bond donors (Lipinski definition) is 3. The molecule has 0 bridgehead atoms. The monoisotopic (exact) mass is 436 g/mol. The maximum absolute atomic E-state index is 11.4. The molecule has 28 heavy (non-hydrogen) atoms. The van der Waals surface area contributed by atoms with E-state index in [9.17, 15) is 4.79 Å². The minimum absolute atomic E-state index is 0.389. The largest absolute Gasteiger partial charge is 0.381 e. The molecular formula is C21H17BrN4O2. The van der Waals surface area contributed by atoms with E-state index >= 15 is 0 Å². The number of fused-ring (bicyclic) bond motifs is 1. The number of aromatic nitrogens is 2. The summed E-state index contributed by atoms with van der Waals surface area (Å²) < 4.78 is 3.05. The van der Waals surface area contributed by atoms with Gasteiger partial charge in [-0.15, -0.1) is 0 Å². The van der Waals surface area contributed by atoms with Crippen LogP contribution >= 0.6 is 15.9 Å². The average Bonchev–Trinajstić information content (AvgIpc) is 3.20. The summed E-state index contributed by atoms with van der Waals surface area (Å²) in [5.74, 6) is -0.535. The van der Waals surface area contributed by atoms with E-state index in [4.69, 9.17) is 5.21 Å². The number of carbonyl (C=O) groups is 1. The SMILES string of the molecule is O=C(NO)c1ccc(NCc2cc(-c3cccc(Br)c3)cn3ccnc23)cc1. The summed E-state index contributed by atoms with van der Waals surface area (Å²) in [6.07, 6.45) is 5.78. The highest BCUT2D eigenvalue weighted by atomic mass is 79.9. The standard InChI is InChI=1S/C21H17BrN4O2/c22-18-3-1-2-15(11-18)17-10-16(20-23-8-9-26(20)13-17)12-24-19-6-4-14(5-7-19)21(27)25-28/h1-11,13,24,28H,12H2,(H,25,27). The van der Waals surface area contributed by atoms with Crippen LogP contribution in [0.3, 0.4) is 0 Å². The highest BCUT2D eigenvalue weighted by Crippen LogP contribution is 2.26. The van der Waals surface area contributed by atoms with Crippen LogP contribution in [-0.2, 0) is 6.54 Å². The summed E-state index contributed by atoms with van der Waals surface area (Å²) in [6, 6.07) is 17.2. The number of anilines is 1. The number of amides is 1. The van der Waals surface area contributed by atoms with Crippen LogP contribution in [0.2, 0.25) is 0 Å². The Morgan fingerprint density at radius 3 is 2.68 bits per heavy atom. The lowest BCUT2D eigenvalue weighted by Gasteiger charge is -2.11. The summed E-state index contributed by atoms with van der Waals surface area (Å²) in [5.41, 5.74) is 7.04. The molecule has 0 spiro atoms. The third kappa shape index (κ3) is 3.76. The fourth-order valence-corrected chi connectivity index (χ4v) is 3.46. The molecule has 0 atom stereocenters. The molecule has 0 radical (unpaired) electrons. The predicted octanol–water partition coefficient (Wildman–Crippen LogP) is 4.49. The second kappa shape index (κ2) is 7.84. The van der Waals surface area contributed by atoms with Gasteiger partial charge in [0, 0.05) is 46.4 Å². The van der Waals surface area contributed by atoms with Gasteiger partial charge in [0.05, 0.1) is 0 Å². The number of nitrogens with zero attached hydrogens (tertiary/aromatic N) is 2. The highest BCUT2D eigenvalue weighted by Gasteiger charge is 2.09. The molecule has 2 aromatic heterocycles. The van der Waals surface area contributed by atoms with Crippen LogP contribution < -0.4 is 10.8 Å². The first kappa shape index (κ1) is 18.2. The van der Waals surface area contributed by atoms with E-state index in [1.54, 1.807) is 35.9 Å². The molecule has 140 valence electrons. The fourth-order valence-electron chi connectivity index (χ4n) is 3.06. The molecule has 0 aliphatic carbocycles. The lowest BCUT2D eigenvalue weighted by Crippen LogP contribution is -2.18. The molecule has 7 heteroatoms. The Morgan fingerprint density at radius 1 is 1.11 bits per heavy atom. The van der Waals surface area contributed by atoms with Gasteiger partial charge in [-0.1, -0.05) is 28.1 Å². The quantitative estimate of drug-likeness (QED) is 0.318. The molecule has 0 aliphatic rings. The normalized spacial score (nSPS) is 10.8. The Labute approximate surface area is 169 Å². The second-order valence-electron chi connectivity index (χ2n) is 6.29. The summed E-state index contributed by atoms with van der Waals surface area (Å²) in [7, 11) is 0. The van der Waals surface area contributed by atoms with Crippen molar-refractivity contribution in [1.82, 2.24) is 14.9 Å². The van der Waals surface area contributed by atoms with Crippen LogP contribution in [0.4, 0.5) is 5.69 Å². The van der Waals surface area contributed by atoms with Crippen LogP contribution in [0.15, 0.2) is 77.7 Å². The number of carbonyl (C=O) groups excluding carboxylic acids is 1. The first-order valence-electron chi connectivity index (χ1n) is 8.64. The molecule has 0 saturated heterocycles. The van der Waals surface area contributed by atoms with E-state index in [1.165, 1.54) is 0 Å². The van der Waals surface area contributed by atoms with Gasteiger partial charge in [-0.05, 0) is 53.6 Å². The zero-order chi connectivity index (χ0) is 19.5. The summed E-state index contributed by atoms with van der Waals surface area (Å²) in [4.78, 5) is 15.9. The van der Waals surface area contributed by atoms with Crippen molar-refractivity contribution >= 4 is 33.2 Å². The van der Waals surface area contributed by atoms with Crippen LogP contribution in [0.25, 0.3) is 16.8 Å². The van der Waals surface area contributed by atoms with Crippen molar-refractivity contribution in [2.45, 2.75) is 6.54 Å². The molecule has 3 N–H and O–H groups in total. The van der Waals surface area contributed by atoms with E-state index in [1.807, 2.05) is 22.7 Å². The molecule has 0 fully saturated rings. The number of rotatable bonds is 5. The number of hydrogen-bond acceptors (Lipinski definition) is 4. The van der Waals surface area contributed by atoms with E-state index in [0.717, 1.165) is 32.5 Å². The molecule has 2 heterocycles. The highest BCUT2D eigenvalue weighted by molar-refractivity contribution is 9.10.